The van der Waals surface area contributed by atoms with E-state index in [1.165, 1.54) is 5.57 Å². The lowest BCUT2D eigenvalue weighted by molar-refractivity contribution is 0.122. The standard InChI is InChI=1S/C23H32FNO3S/c1-16(2)29(26,27)15-17-3-5-18(6-4-17)20-13-19-7-8-22(23(24)21(19)14-20)25-9-11-28-12-10-25/h7-8,14,16-18H,3-6,9-13,15H2,1-2H3. The van der Waals surface area contributed by atoms with Crippen LogP contribution in [0.1, 0.15) is 50.7 Å². The van der Waals surface area contributed by atoms with Gasteiger partial charge in [-0.3, -0.25) is 0 Å². The lowest BCUT2D eigenvalue weighted by atomic mass is 9.78. The van der Waals surface area contributed by atoms with Crippen molar-refractivity contribution in [1.82, 2.24) is 0 Å². The molecule has 160 valence electrons. The molecule has 1 heterocycles. The van der Waals surface area contributed by atoms with Crippen molar-refractivity contribution in [2.75, 3.05) is 37.0 Å². The molecule has 2 aliphatic carbocycles. The fraction of sp³-hybridized carbons (Fsp3) is 0.652. The summed E-state index contributed by atoms with van der Waals surface area (Å²) in [7, 11) is -2.98. The monoisotopic (exact) mass is 421 g/mol. The highest BCUT2D eigenvalue weighted by atomic mass is 32.2. The predicted octanol–water partition coefficient (Wildman–Crippen LogP) is 4.23. The van der Waals surface area contributed by atoms with Crippen LogP contribution >= 0.6 is 0 Å². The first-order valence-corrected chi connectivity index (χ1v) is 12.6. The van der Waals surface area contributed by atoms with E-state index in [2.05, 4.69) is 17.0 Å². The topological polar surface area (TPSA) is 46.6 Å². The highest BCUT2D eigenvalue weighted by molar-refractivity contribution is 7.91. The van der Waals surface area contributed by atoms with E-state index in [-0.39, 0.29) is 17.0 Å². The number of ether oxygens (including phenoxy) is 1. The Hall–Kier alpha value is -1.40. The molecule has 0 spiro atoms. The summed E-state index contributed by atoms with van der Waals surface area (Å²) in [6.45, 7) is 6.29. The smallest absolute Gasteiger partial charge is 0.153 e. The van der Waals surface area contributed by atoms with Gasteiger partial charge in [-0.1, -0.05) is 17.7 Å². The third-order valence-electron chi connectivity index (χ3n) is 6.88. The average molecular weight is 422 g/mol. The number of sulfone groups is 1. The highest BCUT2D eigenvalue weighted by Gasteiger charge is 2.31. The molecule has 1 aromatic rings. The lowest BCUT2D eigenvalue weighted by Gasteiger charge is -2.29. The van der Waals surface area contributed by atoms with E-state index in [1.54, 1.807) is 13.8 Å². The van der Waals surface area contributed by atoms with Crippen molar-refractivity contribution >= 4 is 21.6 Å². The molecular weight excluding hydrogens is 389 g/mol. The number of halogens is 1. The van der Waals surface area contributed by atoms with Crippen LogP contribution in [-0.2, 0) is 21.0 Å². The van der Waals surface area contributed by atoms with E-state index in [0.717, 1.165) is 56.3 Å². The van der Waals surface area contributed by atoms with Gasteiger partial charge < -0.3 is 9.64 Å². The molecule has 29 heavy (non-hydrogen) atoms. The molecule has 1 aromatic carbocycles. The van der Waals surface area contributed by atoms with Crippen LogP contribution in [0.4, 0.5) is 10.1 Å². The number of rotatable bonds is 5. The maximum absolute atomic E-state index is 15.2. The number of benzene rings is 1. The van der Waals surface area contributed by atoms with Crippen molar-refractivity contribution < 1.29 is 17.5 Å². The van der Waals surface area contributed by atoms with Gasteiger partial charge in [0, 0.05) is 18.7 Å². The Balaban J connectivity index is 1.42. The van der Waals surface area contributed by atoms with Crippen LogP contribution in [-0.4, -0.2) is 45.7 Å². The Morgan fingerprint density at radius 2 is 1.83 bits per heavy atom. The Labute approximate surface area is 174 Å². The van der Waals surface area contributed by atoms with Gasteiger partial charge in [0.25, 0.3) is 0 Å². The number of hydrogen-bond acceptors (Lipinski definition) is 4. The van der Waals surface area contributed by atoms with Gasteiger partial charge in [-0.2, -0.15) is 0 Å². The molecule has 0 atom stereocenters. The number of allylic oxidation sites excluding steroid dienone is 1. The van der Waals surface area contributed by atoms with Crippen LogP contribution in [0, 0.1) is 17.7 Å². The molecule has 1 aliphatic heterocycles. The van der Waals surface area contributed by atoms with E-state index in [9.17, 15) is 8.42 Å². The average Bonchev–Trinajstić information content (AvgIpc) is 3.14. The first kappa shape index (κ1) is 20.9. The zero-order valence-electron chi connectivity index (χ0n) is 17.5. The third kappa shape index (κ3) is 4.38. The fourth-order valence-corrected chi connectivity index (χ4v) is 6.29. The van der Waals surface area contributed by atoms with Gasteiger partial charge in [0.15, 0.2) is 15.7 Å². The second kappa shape index (κ2) is 8.38. The van der Waals surface area contributed by atoms with E-state index in [4.69, 9.17) is 4.74 Å². The van der Waals surface area contributed by atoms with Crippen molar-refractivity contribution in [2.45, 2.75) is 51.2 Å². The van der Waals surface area contributed by atoms with Crippen LogP contribution in [0.25, 0.3) is 6.08 Å². The summed E-state index contributed by atoms with van der Waals surface area (Å²) in [6.07, 6.45) is 6.82. The fourth-order valence-electron chi connectivity index (χ4n) is 4.92. The van der Waals surface area contributed by atoms with E-state index in [1.807, 2.05) is 6.07 Å². The molecule has 0 bridgehead atoms. The molecular formula is C23H32FNO3S. The number of hydrogen-bond donors (Lipinski definition) is 0. The maximum Gasteiger partial charge on any atom is 0.153 e. The van der Waals surface area contributed by atoms with Gasteiger partial charge in [0.1, 0.15) is 0 Å². The number of fused-ring (bicyclic) bond motifs is 1. The summed E-state index contributed by atoms with van der Waals surface area (Å²) in [5, 5.41) is -0.295. The molecule has 0 radical (unpaired) electrons. The number of morpholine rings is 1. The van der Waals surface area contributed by atoms with E-state index < -0.39 is 9.84 Å². The van der Waals surface area contributed by atoms with Crippen molar-refractivity contribution in [3.8, 4) is 0 Å². The van der Waals surface area contributed by atoms with Crippen LogP contribution in [0.15, 0.2) is 17.7 Å². The van der Waals surface area contributed by atoms with Crippen molar-refractivity contribution in [1.29, 1.82) is 0 Å². The zero-order chi connectivity index (χ0) is 20.6. The summed E-state index contributed by atoms with van der Waals surface area (Å²) < 4.78 is 45.1. The summed E-state index contributed by atoms with van der Waals surface area (Å²) >= 11 is 0. The second-order valence-corrected chi connectivity index (χ2v) is 11.7. The van der Waals surface area contributed by atoms with Gasteiger partial charge in [-0.05, 0) is 69.4 Å². The zero-order valence-corrected chi connectivity index (χ0v) is 18.3. The minimum atomic E-state index is -2.98. The summed E-state index contributed by atoms with van der Waals surface area (Å²) in [5.41, 5.74) is 3.85. The van der Waals surface area contributed by atoms with E-state index >= 15 is 4.39 Å². The normalized spacial score (nSPS) is 25.2. The van der Waals surface area contributed by atoms with Crippen molar-refractivity contribution in [2.24, 2.45) is 11.8 Å². The Kier molecular flexibility index (Phi) is 6.03. The summed E-state index contributed by atoms with van der Waals surface area (Å²) in [5.74, 6) is 0.934. The maximum atomic E-state index is 15.2. The molecule has 1 saturated carbocycles. The molecule has 1 saturated heterocycles. The van der Waals surface area contributed by atoms with Crippen molar-refractivity contribution in [3.05, 3.63) is 34.6 Å². The third-order valence-corrected chi connectivity index (χ3v) is 9.26. The largest absolute Gasteiger partial charge is 0.378 e. The summed E-state index contributed by atoms with van der Waals surface area (Å²) in [6, 6.07) is 4.00. The molecule has 6 heteroatoms. The molecule has 0 unspecified atom stereocenters. The van der Waals surface area contributed by atoms with Gasteiger partial charge in [-0.25, -0.2) is 12.8 Å². The molecule has 4 rings (SSSR count). The summed E-state index contributed by atoms with van der Waals surface area (Å²) in [4.78, 5) is 2.07. The molecule has 3 aliphatic rings. The number of anilines is 1. The van der Waals surface area contributed by atoms with Crippen LogP contribution in [0.3, 0.4) is 0 Å². The number of nitrogens with zero attached hydrogens (tertiary/aromatic N) is 1. The van der Waals surface area contributed by atoms with Crippen LogP contribution < -0.4 is 4.90 Å². The van der Waals surface area contributed by atoms with Gasteiger partial charge in [0.05, 0.1) is 29.9 Å². The van der Waals surface area contributed by atoms with Gasteiger partial charge in [0.2, 0.25) is 0 Å². The Morgan fingerprint density at radius 1 is 1.14 bits per heavy atom. The molecule has 2 fully saturated rings. The van der Waals surface area contributed by atoms with Crippen LogP contribution in [0.5, 0.6) is 0 Å². The minimum absolute atomic E-state index is 0.101. The molecule has 0 amide bonds. The van der Waals surface area contributed by atoms with Gasteiger partial charge in [-0.15, -0.1) is 0 Å². The first-order valence-electron chi connectivity index (χ1n) is 10.9. The van der Waals surface area contributed by atoms with Gasteiger partial charge >= 0.3 is 0 Å². The SMILES string of the molecule is CC(C)S(=O)(=O)CC1CCC(C2=Cc3c(ccc(N4CCOCC4)c3F)C2)CC1. The lowest BCUT2D eigenvalue weighted by Crippen LogP contribution is -2.36. The molecule has 0 N–H and O–H groups in total. The van der Waals surface area contributed by atoms with E-state index in [0.29, 0.717) is 30.6 Å². The molecule has 4 nitrogen and oxygen atoms in total. The minimum Gasteiger partial charge on any atom is -0.378 e. The van der Waals surface area contributed by atoms with Crippen molar-refractivity contribution in [3.63, 3.8) is 0 Å². The second-order valence-electron chi connectivity index (χ2n) is 9.06. The molecule has 0 aromatic heterocycles. The predicted molar refractivity (Wildman–Crippen MR) is 115 cm³/mol. The Bertz CT molecular complexity index is 880. The first-order chi connectivity index (χ1) is 13.8. The Morgan fingerprint density at radius 3 is 2.48 bits per heavy atom. The quantitative estimate of drug-likeness (QED) is 0.714. The highest BCUT2D eigenvalue weighted by Crippen LogP contribution is 2.41. The van der Waals surface area contributed by atoms with Crippen LogP contribution in [0.2, 0.25) is 0 Å².